The van der Waals surface area contributed by atoms with Crippen molar-refractivity contribution in [1.82, 2.24) is 9.80 Å². The molecule has 3 aromatic carbocycles. The van der Waals surface area contributed by atoms with Crippen molar-refractivity contribution in [3.63, 3.8) is 0 Å². The van der Waals surface area contributed by atoms with Crippen LogP contribution in [0, 0.1) is 5.92 Å². The van der Waals surface area contributed by atoms with Gasteiger partial charge in [0.25, 0.3) is 0 Å². The van der Waals surface area contributed by atoms with Crippen LogP contribution in [-0.4, -0.2) is 68.4 Å². The predicted molar refractivity (Wildman–Crippen MR) is 160 cm³/mol. The summed E-state index contributed by atoms with van der Waals surface area (Å²) in [6.45, 7) is 2.89. The Morgan fingerprint density at radius 1 is 0.886 bits per heavy atom. The lowest BCUT2D eigenvalue weighted by Gasteiger charge is -2.33. The van der Waals surface area contributed by atoms with Gasteiger partial charge in [0.05, 0.1) is 14.2 Å². The molecule has 0 N–H and O–H groups in total. The Balaban J connectivity index is 1.48. The number of carbonyl (C=O) groups is 2. The standard InChI is InChI=1S/C33H38F3N3O5/c1-42-28-14-15-29(30(23-28)43-2)39(44-31(40)33(34,35)36)32(41)38(24-27-12-7-4-8-13-27)19-9-18-37-20-16-26(17-21-37)22-25-10-5-3-6-11-25/h3-8,10-15,23,26H,9,16-22,24H2,1-2H3. The van der Waals surface area contributed by atoms with Gasteiger partial charge in [-0.1, -0.05) is 60.7 Å². The highest BCUT2D eigenvalue weighted by atomic mass is 19.4. The van der Waals surface area contributed by atoms with E-state index in [2.05, 4.69) is 29.2 Å². The van der Waals surface area contributed by atoms with Crippen molar-refractivity contribution < 1.29 is 37.1 Å². The van der Waals surface area contributed by atoms with Crippen molar-refractivity contribution in [2.24, 2.45) is 5.92 Å². The smallest absolute Gasteiger partial charge is 0.493 e. The number of hydrogen-bond acceptors (Lipinski definition) is 6. The average molecular weight is 614 g/mol. The molecule has 236 valence electrons. The van der Waals surface area contributed by atoms with E-state index in [9.17, 15) is 22.8 Å². The molecule has 0 bridgehead atoms. The second kappa shape index (κ2) is 15.5. The van der Waals surface area contributed by atoms with E-state index in [1.54, 1.807) is 0 Å². The van der Waals surface area contributed by atoms with Gasteiger partial charge in [0.2, 0.25) is 0 Å². The molecule has 0 radical (unpaired) electrons. The largest absolute Gasteiger partial charge is 0.497 e. The number of nitrogens with zero attached hydrogens (tertiary/aromatic N) is 3. The zero-order chi connectivity index (χ0) is 31.5. The number of piperidine rings is 1. The Morgan fingerprint density at radius 3 is 2.11 bits per heavy atom. The number of rotatable bonds is 11. The summed E-state index contributed by atoms with van der Waals surface area (Å²) in [5, 5.41) is 0.353. The number of likely N-dealkylation sites (tertiary alicyclic amines) is 1. The molecule has 1 aliphatic heterocycles. The van der Waals surface area contributed by atoms with Crippen molar-refractivity contribution >= 4 is 17.7 Å². The highest BCUT2D eigenvalue weighted by molar-refractivity contribution is 5.94. The molecule has 4 rings (SSSR count). The van der Waals surface area contributed by atoms with E-state index in [1.807, 2.05) is 36.4 Å². The van der Waals surface area contributed by atoms with Gasteiger partial charge in [0.15, 0.2) is 0 Å². The number of urea groups is 1. The third-order valence-electron chi connectivity index (χ3n) is 7.65. The van der Waals surface area contributed by atoms with Crippen molar-refractivity contribution in [3.05, 3.63) is 90.0 Å². The molecular formula is C33H38F3N3O5. The molecule has 11 heteroatoms. The quantitative estimate of drug-likeness (QED) is 0.230. The first-order valence-electron chi connectivity index (χ1n) is 14.6. The second-order valence-electron chi connectivity index (χ2n) is 10.7. The van der Waals surface area contributed by atoms with Gasteiger partial charge in [-0.15, -0.1) is 5.06 Å². The number of amides is 2. The summed E-state index contributed by atoms with van der Waals surface area (Å²) < 4.78 is 50.4. The summed E-state index contributed by atoms with van der Waals surface area (Å²) in [5.74, 6) is -1.58. The van der Waals surface area contributed by atoms with Gasteiger partial charge >= 0.3 is 18.2 Å². The van der Waals surface area contributed by atoms with Crippen LogP contribution in [0.15, 0.2) is 78.9 Å². The number of anilines is 1. The van der Waals surface area contributed by atoms with Gasteiger partial charge in [0, 0.05) is 19.2 Å². The third-order valence-corrected chi connectivity index (χ3v) is 7.65. The number of alkyl halides is 3. The van der Waals surface area contributed by atoms with E-state index in [0.29, 0.717) is 29.7 Å². The van der Waals surface area contributed by atoms with Crippen molar-refractivity contribution in [1.29, 1.82) is 0 Å². The van der Waals surface area contributed by atoms with Gasteiger partial charge in [0.1, 0.15) is 17.2 Å². The normalized spacial score (nSPS) is 14.1. The highest BCUT2D eigenvalue weighted by Crippen LogP contribution is 2.34. The summed E-state index contributed by atoms with van der Waals surface area (Å²) in [4.78, 5) is 34.4. The number of benzene rings is 3. The maximum atomic E-state index is 13.9. The van der Waals surface area contributed by atoms with Crippen molar-refractivity contribution in [3.8, 4) is 11.5 Å². The van der Waals surface area contributed by atoms with E-state index >= 15 is 0 Å². The van der Waals surface area contributed by atoms with Crippen molar-refractivity contribution in [2.75, 3.05) is 45.5 Å². The molecule has 44 heavy (non-hydrogen) atoms. The molecule has 1 saturated heterocycles. The van der Waals surface area contributed by atoms with E-state index in [4.69, 9.17) is 14.3 Å². The molecule has 3 aromatic rings. The van der Waals surface area contributed by atoms with Crippen LogP contribution >= 0.6 is 0 Å². The minimum absolute atomic E-state index is 0.00860. The van der Waals surface area contributed by atoms with E-state index in [1.165, 1.54) is 42.9 Å². The van der Waals surface area contributed by atoms with Crippen LogP contribution < -0.4 is 14.5 Å². The van der Waals surface area contributed by atoms with Crippen LogP contribution in [0.2, 0.25) is 0 Å². The van der Waals surface area contributed by atoms with E-state index < -0.39 is 18.2 Å². The molecule has 0 atom stereocenters. The number of halogens is 3. The summed E-state index contributed by atoms with van der Waals surface area (Å²) in [6, 6.07) is 22.7. The fraction of sp³-hybridized carbons (Fsp3) is 0.394. The Hall–Kier alpha value is -4.25. The van der Waals surface area contributed by atoms with Crippen LogP contribution in [0.4, 0.5) is 23.7 Å². The topological polar surface area (TPSA) is 71.6 Å². The lowest BCUT2D eigenvalue weighted by Crippen LogP contribution is -2.47. The molecule has 1 aliphatic rings. The van der Waals surface area contributed by atoms with Gasteiger partial charge < -0.3 is 24.1 Å². The Morgan fingerprint density at radius 2 is 1.52 bits per heavy atom. The Kier molecular flexibility index (Phi) is 11.5. The van der Waals surface area contributed by atoms with Gasteiger partial charge in [-0.3, -0.25) is 0 Å². The van der Waals surface area contributed by atoms with Crippen LogP contribution in [-0.2, 0) is 22.6 Å². The molecule has 2 amide bonds. The maximum Gasteiger partial charge on any atom is 0.493 e. The number of carbonyl (C=O) groups excluding carboxylic acids is 2. The average Bonchev–Trinajstić information content (AvgIpc) is 3.03. The Bertz CT molecular complexity index is 1350. The Labute approximate surface area is 255 Å². The van der Waals surface area contributed by atoms with Crippen LogP contribution in [0.5, 0.6) is 11.5 Å². The van der Waals surface area contributed by atoms with Crippen LogP contribution in [0.1, 0.15) is 30.4 Å². The first-order valence-corrected chi connectivity index (χ1v) is 14.6. The van der Waals surface area contributed by atoms with E-state index in [0.717, 1.165) is 37.9 Å². The zero-order valence-corrected chi connectivity index (χ0v) is 25.0. The van der Waals surface area contributed by atoms with Gasteiger partial charge in [-0.05, 0) is 74.5 Å². The summed E-state index contributed by atoms with van der Waals surface area (Å²) >= 11 is 0. The minimum atomic E-state index is -5.32. The van der Waals surface area contributed by atoms with E-state index in [-0.39, 0.29) is 24.5 Å². The number of hydrogen-bond donors (Lipinski definition) is 0. The lowest BCUT2D eigenvalue weighted by molar-refractivity contribution is -0.200. The zero-order valence-electron chi connectivity index (χ0n) is 25.0. The molecule has 0 aliphatic carbocycles. The lowest BCUT2D eigenvalue weighted by atomic mass is 9.90. The second-order valence-corrected chi connectivity index (χ2v) is 10.7. The molecule has 8 nitrogen and oxygen atoms in total. The van der Waals surface area contributed by atoms with Crippen LogP contribution in [0.25, 0.3) is 0 Å². The number of hydroxylamine groups is 1. The molecule has 1 heterocycles. The summed E-state index contributed by atoms with van der Waals surface area (Å²) in [5.41, 5.74) is 1.94. The third kappa shape index (κ3) is 9.12. The molecule has 0 spiro atoms. The van der Waals surface area contributed by atoms with Gasteiger partial charge in [-0.25, -0.2) is 9.59 Å². The first-order chi connectivity index (χ1) is 21.2. The summed E-state index contributed by atoms with van der Waals surface area (Å²) in [6.07, 6.45) is -1.56. The fourth-order valence-electron chi connectivity index (χ4n) is 5.30. The van der Waals surface area contributed by atoms with Gasteiger partial charge in [-0.2, -0.15) is 13.2 Å². The molecular weight excluding hydrogens is 575 g/mol. The molecule has 0 saturated carbocycles. The monoisotopic (exact) mass is 613 g/mol. The van der Waals surface area contributed by atoms with Crippen molar-refractivity contribution in [2.45, 2.75) is 38.4 Å². The summed E-state index contributed by atoms with van der Waals surface area (Å²) in [7, 11) is 2.70. The van der Waals surface area contributed by atoms with Crippen LogP contribution in [0.3, 0.4) is 0 Å². The number of methoxy groups -OCH3 is 2. The molecule has 1 fully saturated rings. The SMILES string of the molecule is COc1ccc(N(OC(=O)C(F)(F)F)C(=O)N(CCCN2CCC(Cc3ccccc3)CC2)Cc2ccccc2)c(OC)c1. The minimum Gasteiger partial charge on any atom is -0.497 e. The number of ether oxygens (including phenoxy) is 2. The predicted octanol–water partition coefficient (Wildman–Crippen LogP) is 6.50. The highest BCUT2D eigenvalue weighted by Gasteiger charge is 2.44. The first kappa shape index (κ1) is 32.7. The fourth-order valence-corrected chi connectivity index (χ4v) is 5.30. The molecule has 0 aromatic heterocycles. The molecule has 0 unspecified atom stereocenters. The maximum absolute atomic E-state index is 13.9.